The Kier molecular flexibility index (Phi) is 3.78. The van der Waals surface area contributed by atoms with E-state index in [1.807, 2.05) is 0 Å². The molecular formula is C10H8F4N4S. The average Bonchev–Trinajstić information content (AvgIpc) is 2.82. The molecule has 2 aromatic rings. The van der Waals surface area contributed by atoms with E-state index in [2.05, 4.69) is 15.4 Å². The first kappa shape index (κ1) is 13.8. The van der Waals surface area contributed by atoms with Crippen LogP contribution in [0.5, 0.6) is 0 Å². The van der Waals surface area contributed by atoms with Gasteiger partial charge >= 0.3 is 6.18 Å². The van der Waals surface area contributed by atoms with Gasteiger partial charge in [-0.3, -0.25) is 10.8 Å². The standard InChI is InChI=1S/C10H8F4N4S/c11-5-2-1-3-16-7(5)8(18-15)6-4-17-9(19-6)10(12,13)14/h1-4,8,18H,15H2. The van der Waals surface area contributed by atoms with Crippen LogP contribution in [0, 0.1) is 5.82 Å². The minimum absolute atomic E-state index is 0.0811. The van der Waals surface area contributed by atoms with Crippen LogP contribution in [-0.4, -0.2) is 9.97 Å². The summed E-state index contributed by atoms with van der Waals surface area (Å²) in [6, 6.07) is 1.55. The number of nitrogens with one attached hydrogen (secondary N) is 1. The Morgan fingerprint density at radius 2 is 2.05 bits per heavy atom. The summed E-state index contributed by atoms with van der Waals surface area (Å²) < 4.78 is 50.9. The lowest BCUT2D eigenvalue weighted by molar-refractivity contribution is -0.137. The number of pyridine rings is 1. The largest absolute Gasteiger partial charge is 0.443 e. The second-order valence-electron chi connectivity index (χ2n) is 3.54. The van der Waals surface area contributed by atoms with E-state index in [9.17, 15) is 17.6 Å². The van der Waals surface area contributed by atoms with E-state index in [4.69, 9.17) is 5.84 Å². The molecule has 2 heterocycles. The van der Waals surface area contributed by atoms with Gasteiger partial charge in [0.2, 0.25) is 0 Å². The molecule has 0 aliphatic rings. The van der Waals surface area contributed by atoms with Crippen LogP contribution in [0.4, 0.5) is 17.6 Å². The fraction of sp³-hybridized carbons (Fsp3) is 0.200. The molecule has 102 valence electrons. The number of nitrogens with two attached hydrogens (primary N) is 1. The summed E-state index contributed by atoms with van der Waals surface area (Å²) in [5.41, 5.74) is 2.16. The van der Waals surface area contributed by atoms with Crippen molar-refractivity contribution in [2.24, 2.45) is 5.84 Å². The first-order valence-electron chi connectivity index (χ1n) is 5.03. The van der Waals surface area contributed by atoms with Gasteiger partial charge < -0.3 is 0 Å². The quantitative estimate of drug-likeness (QED) is 0.517. The van der Waals surface area contributed by atoms with E-state index < -0.39 is 23.0 Å². The van der Waals surface area contributed by atoms with Gasteiger partial charge in [-0.15, -0.1) is 11.3 Å². The van der Waals surface area contributed by atoms with E-state index >= 15 is 0 Å². The van der Waals surface area contributed by atoms with Crippen LogP contribution in [-0.2, 0) is 6.18 Å². The molecule has 0 spiro atoms. The molecule has 3 N–H and O–H groups in total. The van der Waals surface area contributed by atoms with Gasteiger partial charge in [-0.2, -0.15) is 13.2 Å². The predicted molar refractivity (Wildman–Crippen MR) is 60.5 cm³/mol. The van der Waals surface area contributed by atoms with Gasteiger partial charge in [-0.05, 0) is 12.1 Å². The van der Waals surface area contributed by atoms with E-state index in [-0.39, 0.29) is 10.6 Å². The second kappa shape index (κ2) is 5.19. The molecular weight excluding hydrogens is 284 g/mol. The molecule has 0 saturated heterocycles. The Bertz CT molecular complexity index is 569. The number of rotatable bonds is 3. The minimum Gasteiger partial charge on any atom is -0.270 e. The fourth-order valence-corrected chi connectivity index (χ4v) is 2.30. The first-order valence-corrected chi connectivity index (χ1v) is 5.84. The highest BCUT2D eigenvalue weighted by molar-refractivity contribution is 7.11. The summed E-state index contributed by atoms with van der Waals surface area (Å²) in [6.07, 6.45) is -2.20. The maximum atomic E-state index is 13.6. The smallest absolute Gasteiger partial charge is 0.270 e. The lowest BCUT2D eigenvalue weighted by Crippen LogP contribution is -2.29. The van der Waals surface area contributed by atoms with E-state index in [1.54, 1.807) is 0 Å². The molecule has 0 aromatic carbocycles. The average molecular weight is 292 g/mol. The highest BCUT2D eigenvalue weighted by Crippen LogP contribution is 2.35. The number of alkyl halides is 3. The predicted octanol–water partition coefficient (Wildman–Crippen LogP) is 2.25. The topological polar surface area (TPSA) is 63.8 Å². The summed E-state index contributed by atoms with van der Waals surface area (Å²) in [6.45, 7) is 0. The van der Waals surface area contributed by atoms with Crippen molar-refractivity contribution in [3.63, 3.8) is 0 Å². The van der Waals surface area contributed by atoms with E-state index in [0.29, 0.717) is 11.3 Å². The summed E-state index contributed by atoms with van der Waals surface area (Å²) in [4.78, 5) is 7.17. The highest BCUT2D eigenvalue weighted by Gasteiger charge is 2.35. The monoisotopic (exact) mass is 292 g/mol. The number of nitrogens with zero attached hydrogens (tertiary/aromatic N) is 2. The zero-order chi connectivity index (χ0) is 14.0. The van der Waals surface area contributed by atoms with Gasteiger partial charge in [0.05, 0.1) is 5.69 Å². The molecule has 0 fully saturated rings. The van der Waals surface area contributed by atoms with Gasteiger partial charge in [-0.1, -0.05) is 0 Å². The molecule has 19 heavy (non-hydrogen) atoms. The zero-order valence-electron chi connectivity index (χ0n) is 9.28. The van der Waals surface area contributed by atoms with E-state index in [0.717, 1.165) is 12.3 Å². The highest BCUT2D eigenvalue weighted by atomic mass is 32.1. The van der Waals surface area contributed by atoms with E-state index in [1.165, 1.54) is 12.3 Å². The minimum atomic E-state index is -4.54. The van der Waals surface area contributed by atoms with Crippen LogP contribution in [0.1, 0.15) is 21.6 Å². The molecule has 0 aliphatic heterocycles. The Morgan fingerprint density at radius 3 is 2.58 bits per heavy atom. The molecule has 1 atom stereocenters. The SMILES string of the molecule is NNC(c1cnc(C(F)(F)F)s1)c1ncccc1F. The Morgan fingerprint density at radius 1 is 1.32 bits per heavy atom. The Balaban J connectivity index is 2.38. The van der Waals surface area contributed by atoms with Crippen molar-refractivity contribution in [3.05, 3.63) is 45.9 Å². The van der Waals surface area contributed by atoms with Crippen molar-refractivity contribution >= 4 is 11.3 Å². The zero-order valence-corrected chi connectivity index (χ0v) is 10.1. The lowest BCUT2D eigenvalue weighted by Gasteiger charge is -2.13. The lowest BCUT2D eigenvalue weighted by atomic mass is 10.1. The van der Waals surface area contributed by atoms with Crippen molar-refractivity contribution < 1.29 is 17.6 Å². The molecule has 1 unspecified atom stereocenters. The first-order chi connectivity index (χ1) is 8.93. The number of aromatic nitrogens is 2. The van der Waals surface area contributed by atoms with Crippen LogP contribution < -0.4 is 11.3 Å². The van der Waals surface area contributed by atoms with Crippen LogP contribution in [0.2, 0.25) is 0 Å². The van der Waals surface area contributed by atoms with Crippen molar-refractivity contribution in [1.29, 1.82) is 0 Å². The molecule has 0 amide bonds. The third-order valence-corrected chi connectivity index (χ3v) is 3.38. The molecule has 2 rings (SSSR count). The molecule has 0 bridgehead atoms. The number of hydrogen-bond donors (Lipinski definition) is 2. The summed E-state index contributed by atoms with van der Waals surface area (Å²) >= 11 is 0.391. The normalized spacial score (nSPS) is 13.5. The van der Waals surface area contributed by atoms with Crippen LogP contribution in [0.15, 0.2) is 24.5 Å². The third-order valence-electron chi connectivity index (χ3n) is 2.28. The summed E-state index contributed by atoms with van der Waals surface area (Å²) in [7, 11) is 0. The molecule has 9 heteroatoms. The Labute approximate surface area is 109 Å². The van der Waals surface area contributed by atoms with Crippen LogP contribution in [0.25, 0.3) is 0 Å². The summed E-state index contributed by atoms with van der Waals surface area (Å²) in [5, 5.41) is -1.01. The van der Waals surface area contributed by atoms with Crippen molar-refractivity contribution in [2.75, 3.05) is 0 Å². The van der Waals surface area contributed by atoms with Crippen molar-refractivity contribution in [1.82, 2.24) is 15.4 Å². The number of thiazole rings is 1. The number of hydrogen-bond acceptors (Lipinski definition) is 5. The second-order valence-corrected chi connectivity index (χ2v) is 4.60. The Hall–Kier alpha value is -1.58. The molecule has 4 nitrogen and oxygen atoms in total. The van der Waals surface area contributed by atoms with Gasteiger partial charge in [0, 0.05) is 17.3 Å². The maximum absolute atomic E-state index is 13.6. The maximum Gasteiger partial charge on any atom is 0.443 e. The molecule has 0 saturated carbocycles. The van der Waals surface area contributed by atoms with Crippen molar-refractivity contribution in [3.8, 4) is 0 Å². The van der Waals surface area contributed by atoms with Gasteiger partial charge in [0.25, 0.3) is 0 Å². The molecule has 0 aliphatic carbocycles. The summed E-state index contributed by atoms with van der Waals surface area (Å²) in [5.74, 6) is 4.61. The molecule has 2 aromatic heterocycles. The van der Waals surface area contributed by atoms with Crippen LogP contribution >= 0.6 is 11.3 Å². The molecule has 0 radical (unpaired) electrons. The van der Waals surface area contributed by atoms with Gasteiger partial charge in [0.1, 0.15) is 11.9 Å². The number of halogens is 4. The fourth-order valence-electron chi connectivity index (χ4n) is 1.46. The van der Waals surface area contributed by atoms with Gasteiger partial charge in [-0.25, -0.2) is 14.8 Å². The van der Waals surface area contributed by atoms with Gasteiger partial charge in [0.15, 0.2) is 5.01 Å². The third kappa shape index (κ3) is 2.88. The van der Waals surface area contributed by atoms with Crippen molar-refractivity contribution in [2.45, 2.75) is 12.2 Å². The number of hydrazine groups is 1. The van der Waals surface area contributed by atoms with Crippen LogP contribution in [0.3, 0.4) is 0 Å².